The minimum absolute atomic E-state index is 0.0835. The molecule has 6 heteroatoms. The van der Waals surface area contributed by atoms with Crippen LogP contribution in [0.4, 0.5) is 0 Å². The van der Waals surface area contributed by atoms with Crippen molar-refractivity contribution in [2.24, 2.45) is 0 Å². The second kappa shape index (κ2) is 6.95. The Morgan fingerprint density at radius 2 is 1.67 bits per heavy atom. The molecule has 6 nitrogen and oxygen atoms in total. The van der Waals surface area contributed by atoms with Crippen LogP contribution in [0.5, 0.6) is 11.5 Å². The average molecular weight is 324 g/mol. The minimum atomic E-state index is -0.434. The number of rotatable bonds is 5. The fourth-order valence-corrected chi connectivity index (χ4v) is 2.07. The van der Waals surface area contributed by atoms with Crippen LogP contribution in [-0.4, -0.2) is 22.3 Å². The molecule has 3 aromatic rings. The fraction of sp³-hybridized carbons (Fsp3) is 0.167. The van der Waals surface area contributed by atoms with Gasteiger partial charge in [-0.25, -0.2) is 4.79 Å². The van der Waals surface area contributed by atoms with Gasteiger partial charge in [0.2, 0.25) is 12.3 Å². The van der Waals surface area contributed by atoms with E-state index >= 15 is 0 Å². The smallest absolute Gasteiger partial charge is 0.343 e. The molecule has 0 bridgehead atoms. The molecule has 0 unspecified atom stereocenters. The number of aromatic nitrogens is 2. The van der Waals surface area contributed by atoms with Crippen molar-refractivity contribution in [1.82, 2.24) is 10.2 Å². The molecule has 0 radical (unpaired) electrons. The van der Waals surface area contributed by atoms with Crippen molar-refractivity contribution in [2.75, 3.05) is 0 Å². The summed E-state index contributed by atoms with van der Waals surface area (Å²) in [5.74, 6) is 1.13. The maximum Gasteiger partial charge on any atom is 0.343 e. The Balaban J connectivity index is 1.66. The van der Waals surface area contributed by atoms with E-state index in [1.165, 1.54) is 6.39 Å². The van der Waals surface area contributed by atoms with Crippen molar-refractivity contribution in [2.45, 2.75) is 20.0 Å². The van der Waals surface area contributed by atoms with Gasteiger partial charge in [-0.3, -0.25) is 0 Å². The van der Waals surface area contributed by atoms with Crippen LogP contribution in [0.15, 0.2) is 59.3 Å². The molecule has 0 saturated carbocycles. The minimum Gasteiger partial charge on any atom is -0.491 e. The van der Waals surface area contributed by atoms with E-state index < -0.39 is 5.97 Å². The van der Waals surface area contributed by atoms with E-state index in [0.29, 0.717) is 23.0 Å². The standard InChI is InChI=1S/C18H16N2O4/c1-12(2)23-15-9-5-14(6-10-15)18(21)24-16-7-3-13(4-8-16)17-20-19-11-22-17/h3-12H,1-2H3. The summed E-state index contributed by atoms with van der Waals surface area (Å²) in [5, 5.41) is 7.44. The summed E-state index contributed by atoms with van der Waals surface area (Å²) in [6.07, 6.45) is 1.34. The van der Waals surface area contributed by atoms with Gasteiger partial charge in [-0.1, -0.05) is 0 Å². The number of esters is 1. The third-order valence-electron chi connectivity index (χ3n) is 3.13. The molecule has 0 saturated heterocycles. The number of carbonyl (C=O) groups is 1. The largest absolute Gasteiger partial charge is 0.491 e. The third kappa shape index (κ3) is 3.78. The molecule has 0 aliphatic rings. The molecule has 0 amide bonds. The van der Waals surface area contributed by atoms with Crippen LogP contribution in [0.3, 0.4) is 0 Å². The fourth-order valence-electron chi connectivity index (χ4n) is 2.07. The molecule has 0 atom stereocenters. The average Bonchev–Trinajstić information content (AvgIpc) is 3.10. The molecule has 2 aromatic carbocycles. The first-order valence-corrected chi connectivity index (χ1v) is 7.47. The molecule has 0 spiro atoms. The van der Waals surface area contributed by atoms with Gasteiger partial charge in [0, 0.05) is 5.56 Å². The Kier molecular flexibility index (Phi) is 4.56. The Hall–Kier alpha value is -3.15. The van der Waals surface area contributed by atoms with Crippen LogP contribution < -0.4 is 9.47 Å². The van der Waals surface area contributed by atoms with Crippen molar-refractivity contribution in [3.8, 4) is 23.0 Å². The van der Waals surface area contributed by atoms with Gasteiger partial charge in [0.05, 0.1) is 11.7 Å². The lowest BCUT2D eigenvalue weighted by molar-refractivity contribution is 0.0734. The highest BCUT2D eigenvalue weighted by molar-refractivity contribution is 5.91. The van der Waals surface area contributed by atoms with Gasteiger partial charge in [-0.2, -0.15) is 0 Å². The van der Waals surface area contributed by atoms with Crippen LogP contribution in [0.2, 0.25) is 0 Å². The van der Waals surface area contributed by atoms with Crippen molar-refractivity contribution >= 4 is 5.97 Å². The zero-order valence-electron chi connectivity index (χ0n) is 13.3. The van der Waals surface area contributed by atoms with E-state index in [2.05, 4.69) is 10.2 Å². The second-order valence-corrected chi connectivity index (χ2v) is 5.35. The quantitative estimate of drug-likeness (QED) is 0.526. The Labute approximate surface area is 139 Å². The van der Waals surface area contributed by atoms with Gasteiger partial charge in [0.15, 0.2) is 0 Å². The van der Waals surface area contributed by atoms with Crippen molar-refractivity contribution in [3.63, 3.8) is 0 Å². The van der Waals surface area contributed by atoms with E-state index in [-0.39, 0.29) is 6.10 Å². The zero-order valence-corrected chi connectivity index (χ0v) is 13.3. The van der Waals surface area contributed by atoms with Gasteiger partial charge < -0.3 is 13.9 Å². The number of hydrogen-bond donors (Lipinski definition) is 0. The molecule has 0 fully saturated rings. The predicted octanol–water partition coefficient (Wildman–Crippen LogP) is 3.74. The maximum atomic E-state index is 12.2. The highest BCUT2D eigenvalue weighted by Crippen LogP contribution is 2.21. The van der Waals surface area contributed by atoms with E-state index in [1.807, 2.05) is 13.8 Å². The Morgan fingerprint density at radius 1 is 1.00 bits per heavy atom. The first-order chi connectivity index (χ1) is 11.6. The molecule has 1 aromatic heterocycles. The van der Waals surface area contributed by atoms with Crippen molar-refractivity contribution < 1.29 is 18.7 Å². The van der Waals surface area contributed by atoms with Gasteiger partial charge in [0.1, 0.15) is 11.5 Å². The lowest BCUT2D eigenvalue weighted by Gasteiger charge is -2.10. The predicted molar refractivity (Wildman–Crippen MR) is 86.9 cm³/mol. The molecule has 0 aliphatic carbocycles. The van der Waals surface area contributed by atoms with Gasteiger partial charge >= 0.3 is 5.97 Å². The molecular formula is C18H16N2O4. The molecule has 3 rings (SSSR count). The number of benzene rings is 2. The molecule has 122 valence electrons. The second-order valence-electron chi connectivity index (χ2n) is 5.35. The van der Waals surface area contributed by atoms with E-state index in [9.17, 15) is 4.79 Å². The van der Waals surface area contributed by atoms with Crippen molar-refractivity contribution in [3.05, 3.63) is 60.5 Å². The summed E-state index contributed by atoms with van der Waals surface area (Å²) in [6, 6.07) is 13.7. The highest BCUT2D eigenvalue weighted by Gasteiger charge is 2.10. The lowest BCUT2D eigenvalue weighted by Crippen LogP contribution is -2.09. The lowest BCUT2D eigenvalue weighted by atomic mass is 10.2. The third-order valence-corrected chi connectivity index (χ3v) is 3.13. The van der Waals surface area contributed by atoms with Crippen molar-refractivity contribution in [1.29, 1.82) is 0 Å². The number of hydrogen-bond acceptors (Lipinski definition) is 6. The molecule has 0 aliphatic heterocycles. The van der Waals surface area contributed by atoms with Crippen LogP contribution in [0, 0.1) is 0 Å². The monoisotopic (exact) mass is 324 g/mol. The van der Waals surface area contributed by atoms with Gasteiger partial charge in [0.25, 0.3) is 0 Å². The summed E-state index contributed by atoms with van der Waals surface area (Å²) in [6.45, 7) is 3.89. The molecule has 1 heterocycles. The summed E-state index contributed by atoms with van der Waals surface area (Å²) in [4.78, 5) is 12.2. The van der Waals surface area contributed by atoms with E-state index in [4.69, 9.17) is 13.9 Å². The first-order valence-electron chi connectivity index (χ1n) is 7.47. The summed E-state index contributed by atoms with van der Waals surface area (Å²) < 4.78 is 16.0. The van der Waals surface area contributed by atoms with Gasteiger partial charge in [-0.05, 0) is 62.4 Å². The summed E-state index contributed by atoms with van der Waals surface area (Å²) in [7, 11) is 0. The SMILES string of the molecule is CC(C)Oc1ccc(C(=O)Oc2ccc(-c3nnco3)cc2)cc1. The van der Waals surface area contributed by atoms with Gasteiger partial charge in [-0.15, -0.1) is 10.2 Å². The van der Waals surface area contributed by atoms with E-state index in [1.54, 1.807) is 48.5 Å². The zero-order chi connectivity index (χ0) is 16.9. The maximum absolute atomic E-state index is 12.2. The van der Waals surface area contributed by atoms with Crippen LogP contribution in [0.25, 0.3) is 11.5 Å². The first kappa shape index (κ1) is 15.7. The van der Waals surface area contributed by atoms with Crippen LogP contribution in [-0.2, 0) is 0 Å². The van der Waals surface area contributed by atoms with Crippen LogP contribution >= 0.6 is 0 Å². The topological polar surface area (TPSA) is 74.5 Å². The molecule has 24 heavy (non-hydrogen) atoms. The number of ether oxygens (including phenoxy) is 2. The number of carbonyl (C=O) groups excluding carboxylic acids is 1. The Morgan fingerprint density at radius 3 is 2.25 bits per heavy atom. The summed E-state index contributed by atoms with van der Waals surface area (Å²) in [5.41, 5.74) is 1.20. The molecular weight excluding hydrogens is 308 g/mol. The Bertz CT molecular complexity index is 794. The van der Waals surface area contributed by atoms with Crippen LogP contribution in [0.1, 0.15) is 24.2 Å². The highest BCUT2D eigenvalue weighted by atomic mass is 16.5. The number of nitrogens with zero attached hydrogens (tertiary/aromatic N) is 2. The summed E-state index contributed by atoms with van der Waals surface area (Å²) >= 11 is 0. The normalized spacial score (nSPS) is 10.6. The molecule has 0 N–H and O–H groups in total. The van der Waals surface area contributed by atoms with E-state index in [0.717, 1.165) is 5.56 Å².